The molecular weight excluding hydrogens is 178 g/mol. The summed E-state index contributed by atoms with van der Waals surface area (Å²) in [6, 6.07) is 5.78. The summed E-state index contributed by atoms with van der Waals surface area (Å²) in [5.41, 5.74) is 1.52. The topological polar surface area (TPSA) is 52.5 Å². The second-order valence-electron chi connectivity index (χ2n) is 3.66. The van der Waals surface area contributed by atoms with Crippen LogP contribution in [0.5, 0.6) is 5.75 Å². The zero-order valence-corrected chi connectivity index (χ0v) is 8.03. The van der Waals surface area contributed by atoms with Gasteiger partial charge in [0.05, 0.1) is 6.61 Å². The molecule has 0 bridgehead atoms. The molecule has 0 unspecified atom stereocenters. The first-order valence-electron chi connectivity index (χ1n) is 4.98. The van der Waals surface area contributed by atoms with E-state index in [1.54, 1.807) is 6.07 Å². The average molecular weight is 193 g/mol. The van der Waals surface area contributed by atoms with Crippen LogP contribution in [0.2, 0.25) is 0 Å². The van der Waals surface area contributed by atoms with Crippen molar-refractivity contribution < 1.29 is 10.2 Å². The molecule has 0 amide bonds. The largest absolute Gasteiger partial charge is 0.507 e. The van der Waals surface area contributed by atoms with Gasteiger partial charge in [0.1, 0.15) is 5.75 Å². The number of phenols is 1. The van der Waals surface area contributed by atoms with E-state index in [4.69, 9.17) is 5.11 Å². The Hall–Kier alpha value is -1.06. The van der Waals surface area contributed by atoms with Gasteiger partial charge in [-0.3, -0.25) is 0 Å². The van der Waals surface area contributed by atoms with Gasteiger partial charge in [-0.25, -0.2) is 0 Å². The van der Waals surface area contributed by atoms with Crippen LogP contribution in [-0.4, -0.2) is 16.8 Å². The highest BCUT2D eigenvalue weighted by molar-refractivity contribution is 5.42. The summed E-state index contributed by atoms with van der Waals surface area (Å²) in [5.74, 6) is 0.245. The van der Waals surface area contributed by atoms with Crippen LogP contribution in [0, 0.1) is 0 Å². The maximum Gasteiger partial charge on any atom is 0.125 e. The molecule has 0 spiro atoms. The Labute approximate surface area is 83.4 Å². The Kier molecular flexibility index (Phi) is 2.70. The number of benzene rings is 1. The van der Waals surface area contributed by atoms with Crippen LogP contribution < -0.4 is 5.32 Å². The van der Waals surface area contributed by atoms with Gasteiger partial charge >= 0.3 is 0 Å². The smallest absolute Gasteiger partial charge is 0.125 e. The fraction of sp³-hybridized carbons (Fsp3) is 0.455. The molecule has 0 aliphatic carbocycles. The number of aromatic hydroxyl groups is 1. The van der Waals surface area contributed by atoms with E-state index in [0.29, 0.717) is 5.56 Å². The Morgan fingerprint density at radius 1 is 1.43 bits per heavy atom. The van der Waals surface area contributed by atoms with Crippen molar-refractivity contribution in [3.05, 3.63) is 29.3 Å². The summed E-state index contributed by atoms with van der Waals surface area (Å²) < 4.78 is 0. The zero-order chi connectivity index (χ0) is 9.97. The molecule has 1 aromatic rings. The molecule has 0 radical (unpaired) electrons. The van der Waals surface area contributed by atoms with Crippen LogP contribution in [-0.2, 0) is 6.61 Å². The molecule has 76 valence electrons. The molecule has 3 N–H and O–H groups in total. The molecule has 0 saturated carbocycles. The van der Waals surface area contributed by atoms with Crippen LogP contribution in [0.3, 0.4) is 0 Å². The minimum absolute atomic E-state index is 0.105. The van der Waals surface area contributed by atoms with Crippen molar-refractivity contribution in [2.24, 2.45) is 0 Å². The first-order valence-corrected chi connectivity index (χ1v) is 4.98. The lowest BCUT2D eigenvalue weighted by molar-refractivity contribution is 0.275. The van der Waals surface area contributed by atoms with Gasteiger partial charge in [0.25, 0.3) is 0 Å². The number of aliphatic hydroxyl groups is 1. The molecule has 1 heterocycles. The Morgan fingerprint density at radius 3 is 2.93 bits per heavy atom. The first kappa shape index (κ1) is 9.49. The second-order valence-corrected chi connectivity index (χ2v) is 3.66. The summed E-state index contributed by atoms with van der Waals surface area (Å²) in [4.78, 5) is 0. The predicted octanol–water partition coefficient (Wildman–Crippen LogP) is 1.31. The van der Waals surface area contributed by atoms with Crippen LogP contribution in [0.1, 0.15) is 30.0 Å². The highest BCUT2D eigenvalue weighted by atomic mass is 16.3. The van der Waals surface area contributed by atoms with E-state index in [1.165, 1.54) is 0 Å². The van der Waals surface area contributed by atoms with E-state index in [1.807, 2.05) is 12.1 Å². The third-order valence-electron chi connectivity index (χ3n) is 2.76. The van der Waals surface area contributed by atoms with Crippen molar-refractivity contribution >= 4 is 0 Å². The van der Waals surface area contributed by atoms with Crippen LogP contribution in [0.4, 0.5) is 0 Å². The molecule has 3 heteroatoms. The SMILES string of the molecule is OCc1cccc([C@@H]2CCCN2)c1O. The van der Waals surface area contributed by atoms with E-state index in [-0.39, 0.29) is 18.4 Å². The van der Waals surface area contributed by atoms with Gasteiger partial charge in [0.15, 0.2) is 0 Å². The van der Waals surface area contributed by atoms with Gasteiger partial charge < -0.3 is 15.5 Å². The van der Waals surface area contributed by atoms with E-state index < -0.39 is 0 Å². The van der Waals surface area contributed by atoms with Crippen molar-refractivity contribution in [1.29, 1.82) is 0 Å². The molecule has 1 fully saturated rings. The molecule has 14 heavy (non-hydrogen) atoms. The van der Waals surface area contributed by atoms with Gasteiger partial charge in [-0.05, 0) is 19.4 Å². The number of para-hydroxylation sites is 1. The summed E-state index contributed by atoms with van der Waals surface area (Å²) in [7, 11) is 0. The van der Waals surface area contributed by atoms with Crippen molar-refractivity contribution in [3.8, 4) is 5.75 Å². The summed E-state index contributed by atoms with van der Waals surface area (Å²) >= 11 is 0. The molecule has 0 aromatic heterocycles. The Bertz CT molecular complexity index is 319. The lowest BCUT2D eigenvalue weighted by Crippen LogP contribution is -2.13. The van der Waals surface area contributed by atoms with Gasteiger partial charge in [-0.15, -0.1) is 0 Å². The predicted molar refractivity (Wildman–Crippen MR) is 54.0 cm³/mol. The van der Waals surface area contributed by atoms with E-state index in [2.05, 4.69) is 5.32 Å². The van der Waals surface area contributed by atoms with Crippen molar-refractivity contribution in [3.63, 3.8) is 0 Å². The molecule has 1 aliphatic rings. The average Bonchev–Trinajstić information content (AvgIpc) is 2.71. The third kappa shape index (κ3) is 1.61. The maximum absolute atomic E-state index is 9.85. The van der Waals surface area contributed by atoms with Crippen molar-refractivity contribution in [2.75, 3.05) is 6.54 Å². The van der Waals surface area contributed by atoms with Crippen LogP contribution >= 0.6 is 0 Å². The van der Waals surface area contributed by atoms with Crippen molar-refractivity contribution in [2.45, 2.75) is 25.5 Å². The quantitative estimate of drug-likeness (QED) is 0.663. The normalized spacial score (nSPS) is 21.4. The summed E-state index contributed by atoms with van der Waals surface area (Å²) in [6.45, 7) is 0.903. The number of aliphatic hydroxyl groups excluding tert-OH is 1. The molecule has 1 aliphatic heterocycles. The molecule has 3 nitrogen and oxygen atoms in total. The first-order chi connectivity index (χ1) is 6.83. The van der Waals surface area contributed by atoms with E-state index in [9.17, 15) is 5.11 Å². The minimum Gasteiger partial charge on any atom is -0.507 e. The molecule has 1 saturated heterocycles. The Balaban J connectivity index is 2.32. The second kappa shape index (κ2) is 3.98. The van der Waals surface area contributed by atoms with Crippen molar-refractivity contribution in [1.82, 2.24) is 5.32 Å². The van der Waals surface area contributed by atoms with Gasteiger partial charge in [-0.2, -0.15) is 0 Å². The monoisotopic (exact) mass is 193 g/mol. The van der Waals surface area contributed by atoms with E-state index >= 15 is 0 Å². The molecule has 2 rings (SSSR count). The number of hydrogen-bond donors (Lipinski definition) is 3. The highest BCUT2D eigenvalue weighted by Gasteiger charge is 2.20. The lowest BCUT2D eigenvalue weighted by atomic mass is 10.0. The molecule has 1 aromatic carbocycles. The van der Waals surface area contributed by atoms with Gasteiger partial charge in [0.2, 0.25) is 0 Å². The standard InChI is InChI=1S/C11H15NO2/c13-7-8-3-1-4-9(11(8)14)10-5-2-6-12-10/h1,3-4,10,12-14H,2,5-7H2/t10-/m0/s1. The molecular formula is C11H15NO2. The number of hydrogen-bond acceptors (Lipinski definition) is 3. The summed E-state index contributed by atoms with van der Waals surface area (Å²) in [5, 5.41) is 22.2. The zero-order valence-electron chi connectivity index (χ0n) is 8.03. The maximum atomic E-state index is 9.85. The number of rotatable bonds is 2. The third-order valence-corrected chi connectivity index (χ3v) is 2.76. The lowest BCUT2D eigenvalue weighted by Gasteiger charge is -2.14. The van der Waals surface area contributed by atoms with Gasteiger partial charge in [0, 0.05) is 17.2 Å². The fourth-order valence-corrected chi connectivity index (χ4v) is 1.97. The van der Waals surface area contributed by atoms with Crippen LogP contribution in [0.25, 0.3) is 0 Å². The van der Waals surface area contributed by atoms with E-state index in [0.717, 1.165) is 24.9 Å². The number of nitrogens with one attached hydrogen (secondary N) is 1. The van der Waals surface area contributed by atoms with Crippen LogP contribution in [0.15, 0.2) is 18.2 Å². The fourth-order valence-electron chi connectivity index (χ4n) is 1.97. The highest BCUT2D eigenvalue weighted by Crippen LogP contribution is 2.32. The minimum atomic E-state index is -0.105. The molecule has 1 atom stereocenters. The van der Waals surface area contributed by atoms with Gasteiger partial charge in [-0.1, -0.05) is 18.2 Å². The summed E-state index contributed by atoms with van der Waals surface area (Å²) in [6.07, 6.45) is 2.20. The Morgan fingerprint density at radius 2 is 2.29 bits per heavy atom.